The average molecular weight is 549 g/mol. The van der Waals surface area contributed by atoms with E-state index in [9.17, 15) is 9.59 Å². The molecule has 2 aromatic carbocycles. The van der Waals surface area contributed by atoms with Crippen LogP contribution in [0.5, 0.6) is 5.75 Å². The van der Waals surface area contributed by atoms with Crippen LogP contribution in [0.15, 0.2) is 71.7 Å². The van der Waals surface area contributed by atoms with Gasteiger partial charge in [0.2, 0.25) is 5.91 Å². The molecule has 0 bridgehead atoms. The number of thioether (sulfide) groups is 1. The van der Waals surface area contributed by atoms with E-state index in [0.717, 1.165) is 16.9 Å². The third-order valence-corrected chi connectivity index (χ3v) is 7.66. The number of nitrogens with one attached hydrogen (secondary N) is 1. The van der Waals surface area contributed by atoms with Crippen molar-refractivity contribution in [1.29, 1.82) is 0 Å². The zero-order valence-corrected chi connectivity index (χ0v) is 23.0. The van der Waals surface area contributed by atoms with Gasteiger partial charge in [0.1, 0.15) is 22.9 Å². The summed E-state index contributed by atoms with van der Waals surface area (Å²) >= 11 is 2.53. The highest BCUT2D eigenvalue weighted by Crippen LogP contribution is 2.36. The quantitative estimate of drug-likeness (QED) is 0.142. The summed E-state index contributed by atoms with van der Waals surface area (Å²) in [4.78, 5) is 25.4. The molecular formula is C28H28N4O4S2. The Hall–Kier alpha value is -3.89. The number of anilines is 1. The highest BCUT2D eigenvalue weighted by molar-refractivity contribution is 7.99. The first-order valence-electron chi connectivity index (χ1n) is 11.8. The number of carbonyl (C=O) groups excluding carboxylic acids is 2. The summed E-state index contributed by atoms with van der Waals surface area (Å²) < 4.78 is 12.8. The minimum absolute atomic E-state index is 0.0759. The van der Waals surface area contributed by atoms with Crippen molar-refractivity contribution in [3.05, 3.63) is 89.1 Å². The molecule has 196 valence electrons. The second-order valence-corrected chi connectivity index (χ2v) is 10.2. The van der Waals surface area contributed by atoms with Crippen LogP contribution in [0.25, 0.3) is 11.1 Å². The molecule has 0 aliphatic rings. The predicted octanol–water partition coefficient (Wildman–Crippen LogP) is 5.91. The molecule has 0 atom stereocenters. The van der Waals surface area contributed by atoms with Crippen LogP contribution < -0.4 is 10.1 Å². The van der Waals surface area contributed by atoms with Gasteiger partial charge in [0.05, 0.1) is 12.9 Å². The van der Waals surface area contributed by atoms with Crippen molar-refractivity contribution in [3.8, 4) is 16.9 Å². The molecule has 2 heterocycles. The molecule has 4 rings (SSSR count). The number of methoxy groups -OCH3 is 1. The second kappa shape index (κ2) is 12.6. The van der Waals surface area contributed by atoms with Gasteiger partial charge in [-0.25, -0.2) is 4.79 Å². The van der Waals surface area contributed by atoms with E-state index in [0.29, 0.717) is 33.7 Å². The van der Waals surface area contributed by atoms with Crippen molar-refractivity contribution in [3.63, 3.8) is 0 Å². The van der Waals surface area contributed by atoms with Crippen molar-refractivity contribution < 1.29 is 19.1 Å². The second-order valence-electron chi connectivity index (χ2n) is 8.38. The summed E-state index contributed by atoms with van der Waals surface area (Å²) in [5.41, 5.74) is 4.26. The fourth-order valence-electron chi connectivity index (χ4n) is 3.67. The lowest BCUT2D eigenvalue weighted by Crippen LogP contribution is -2.16. The maximum Gasteiger partial charge on any atom is 0.341 e. The van der Waals surface area contributed by atoms with Crippen molar-refractivity contribution in [2.75, 3.05) is 18.2 Å². The van der Waals surface area contributed by atoms with Crippen molar-refractivity contribution >= 4 is 40.0 Å². The summed E-state index contributed by atoms with van der Waals surface area (Å²) in [5, 5.41) is 14.2. The summed E-state index contributed by atoms with van der Waals surface area (Å²) in [6.07, 6.45) is 1.74. The van der Waals surface area contributed by atoms with Gasteiger partial charge in [0.15, 0.2) is 11.0 Å². The van der Waals surface area contributed by atoms with Crippen LogP contribution in [0.1, 0.15) is 27.3 Å². The Balaban J connectivity index is 1.44. The topological polar surface area (TPSA) is 95.3 Å². The van der Waals surface area contributed by atoms with E-state index < -0.39 is 5.97 Å². The molecule has 8 nitrogen and oxygen atoms in total. The van der Waals surface area contributed by atoms with Gasteiger partial charge in [-0.2, -0.15) is 0 Å². The number of aromatic nitrogens is 3. The molecule has 0 spiro atoms. The molecule has 4 aromatic rings. The van der Waals surface area contributed by atoms with Crippen LogP contribution >= 0.6 is 23.1 Å². The number of carbonyl (C=O) groups is 2. The number of aryl methyl sites for hydroxylation is 2. The highest BCUT2D eigenvalue weighted by Gasteiger charge is 2.23. The van der Waals surface area contributed by atoms with Gasteiger partial charge >= 0.3 is 5.97 Å². The van der Waals surface area contributed by atoms with E-state index in [1.54, 1.807) is 6.08 Å². The summed E-state index contributed by atoms with van der Waals surface area (Å²) in [5.74, 6) is 0.675. The maximum atomic E-state index is 12.9. The number of thiophene rings is 1. The van der Waals surface area contributed by atoms with E-state index >= 15 is 0 Å². The van der Waals surface area contributed by atoms with Crippen LogP contribution in [0.4, 0.5) is 5.00 Å². The first-order chi connectivity index (χ1) is 18.4. The largest absolute Gasteiger partial charge is 0.486 e. The van der Waals surface area contributed by atoms with Gasteiger partial charge in [-0.15, -0.1) is 28.1 Å². The first-order valence-corrected chi connectivity index (χ1v) is 13.7. The number of rotatable bonds is 11. The molecule has 0 saturated carbocycles. The maximum absolute atomic E-state index is 12.9. The molecule has 0 saturated heterocycles. The predicted molar refractivity (Wildman–Crippen MR) is 151 cm³/mol. The molecule has 0 unspecified atom stereocenters. The third-order valence-electron chi connectivity index (χ3n) is 5.80. The number of ether oxygens (including phenoxy) is 2. The fraction of sp³-hybridized carbons (Fsp3) is 0.214. The van der Waals surface area contributed by atoms with E-state index in [4.69, 9.17) is 9.47 Å². The lowest BCUT2D eigenvalue weighted by Gasteiger charge is -2.10. The van der Waals surface area contributed by atoms with E-state index in [1.165, 1.54) is 35.8 Å². The molecular weight excluding hydrogens is 520 g/mol. The number of benzene rings is 2. The van der Waals surface area contributed by atoms with Crippen LogP contribution in [0.3, 0.4) is 0 Å². The third kappa shape index (κ3) is 6.32. The molecule has 1 amide bonds. The molecule has 0 radical (unpaired) electrons. The first kappa shape index (κ1) is 27.2. The lowest BCUT2D eigenvalue weighted by molar-refractivity contribution is -0.113. The van der Waals surface area contributed by atoms with Crippen LogP contribution in [0.2, 0.25) is 0 Å². The molecule has 38 heavy (non-hydrogen) atoms. The standard InChI is InChI=1S/C28H28N4O4S2/c1-5-13-32-23(15-36-21-12-11-18(2)19(3)14-21)30-31-28(32)38-17-24(33)29-26-25(27(34)35-4)22(16-37-26)20-9-7-6-8-10-20/h5-12,14,16H,1,13,15,17H2,2-4H3,(H,29,33). The van der Waals surface area contributed by atoms with E-state index in [2.05, 4.69) is 29.0 Å². The van der Waals surface area contributed by atoms with E-state index in [-0.39, 0.29) is 18.3 Å². The van der Waals surface area contributed by atoms with Gasteiger partial charge in [-0.05, 0) is 42.7 Å². The van der Waals surface area contributed by atoms with E-state index in [1.807, 2.05) is 65.4 Å². The minimum Gasteiger partial charge on any atom is -0.486 e. The summed E-state index contributed by atoms with van der Waals surface area (Å²) in [7, 11) is 1.32. The molecule has 2 aromatic heterocycles. The van der Waals surface area contributed by atoms with Crippen LogP contribution in [-0.4, -0.2) is 39.5 Å². The number of amides is 1. The molecule has 1 N–H and O–H groups in total. The van der Waals surface area contributed by atoms with Crippen LogP contribution in [0, 0.1) is 13.8 Å². The van der Waals surface area contributed by atoms with Gasteiger partial charge in [-0.1, -0.05) is 54.2 Å². The SMILES string of the molecule is C=CCn1c(COc2ccc(C)c(C)c2)nnc1SCC(=O)Nc1scc(-c2ccccc2)c1C(=O)OC. The average Bonchev–Trinajstić information content (AvgIpc) is 3.52. The molecule has 10 heteroatoms. The smallest absolute Gasteiger partial charge is 0.341 e. The molecule has 0 fully saturated rings. The minimum atomic E-state index is -0.507. The number of hydrogen-bond acceptors (Lipinski definition) is 8. The summed E-state index contributed by atoms with van der Waals surface area (Å²) in [6, 6.07) is 15.4. The van der Waals surface area contributed by atoms with Crippen molar-refractivity contribution in [1.82, 2.24) is 14.8 Å². The Morgan fingerprint density at radius 3 is 2.63 bits per heavy atom. The highest BCUT2D eigenvalue weighted by atomic mass is 32.2. The zero-order chi connectivity index (χ0) is 27.1. The molecule has 0 aliphatic heterocycles. The van der Waals surface area contributed by atoms with Gasteiger partial charge in [0.25, 0.3) is 0 Å². The Bertz CT molecular complexity index is 1450. The van der Waals surface area contributed by atoms with Gasteiger partial charge < -0.3 is 14.8 Å². The Morgan fingerprint density at radius 1 is 1.13 bits per heavy atom. The van der Waals surface area contributed by atoms with Crippen molar-refractivity contribution in [2.45, 2.75) is 32.2 Å². The van der Waals surface area contributed by atoms with Gasteiger partial charge in [-0.3, -0.25) is 9.36 Å². The molecule has 0 aliphatic carbocycles. The fourth-order valence-corrected chi connectivity index (χ4v) is 5.41. The van der Waals surface area contributed by atoms with Crippen LogP contribution in [-0.2, 0) is 22.7 Å². The summed E-state index contributed by atoms with van der Waals surface area (Å²) in [6.45, 7) is 8.62. The Kier molecular flexibility index (Phi) is 8.98. The zero-order valence-electron chi connectivity index (χ0n) is 21.4. The number of nitrogens with zero attached hydrogens (tertiary/aromatic N) is 3. The monoisotopic (exact) mass is 548 g/mol. The van der Waals surface area contributed by atoms with Crippen molar-refractivity contribution in [2.24, 2.45) is 0 Å². The normalized spacial score (nSPS) is 10.7. The Morgan fingerprint density at radius 2 is 1.92 bits per heavy atom. The number of allylic oxidation sites excluding steroid dienone is 1. The Labute approximate surface area is 229 Å². The number of esters is 1. The lowest BCUT2D eigenvalue weighted by atomic mass is 10.0. The number of hydrogen-bond donors (Lipinski definition) is 1. The van der Waals surface area contributed by atoms with Gasteiger partial charge in [0, 0.05) is 17.5 Å².